The lowest BCUT2D eigenvalue weighted by Gasteiger charge is -2.32. The van der Waals surface area contributed by atoms with E-state index in [1.165, 1.54) is 0 Å². The summed E-state index contributed by atoms with van der Waals surface area (Å²) in [6, 6.07) is 14.6. The van der Waals surface area contributed by atoms with Gasteiger partial charge in [-0.05, 0) is 37.3 Å². The van der Waals surface area contributed by atoms with Crippen molar-refractivity contribution in [1.29, 1.82) is 0 Å². The zero-order valence-electron chi connectivity index (χ0n) is 18.1. The Morgan fingerprint density at radius 3 is 2.42 bits per heavy atom. The number of nitrogens with zero attached hydrogens (tertiary/aromatic N) is 1. The van der Waals surface area contributed by atoms with Crippen molar-refractivity contribution >= 4 is 17.5 Å². The van der Waals surface area contributed by atoms with Gasteiger partial charge in [-0.3, -0.25) is 9.59 Å². The van der Waals surface area contributed by atoms with E-state index in [9.17, 15) is 9.59 Å². The van der Waals surface area contributed by atoms with Crippen LogP contribution >= 0.6 is 0 Å². The van der Waals surface area contributed by atoms with Gasteiger partial charge >= 0.3 is 0 Å². The minimum absolute atomic E-state index is 0.0125. The van der Waals surface area contributed by atoms with Gasteiger partial charge in [-0.2, -0.15) is 0 Å². The standard InChI is InChI=1S/C24H30N2O5/c1-29-21-13-19(14-22(15-21)30-2)25-23(27)11-10-18-7-6-12-26(16-18)24(28)17-31-20-8-4-3-5-9-20/h3-5,8-9,13-15,18H,6-7,10-12,16-17H2,1-2H3,(H,25,27). The van der Waals surface area contributed by atoms with Crippen molar-refractivity contribution in [1.82, 2.24) is 4.90 Å². The summed E-state index contributed by atoms with van der Waals surface area (Å²) >= 11 is 0. The van der Waals surface area contributed by atoms with Gasteiger partial charge in [0.25, 0.3) is 5.91 Å². The Balaban J connectivity index is 1.45. The topological polar surface area (TPSA) is 77.1 Å². The Kier molecular flexibility index (Phi) is 8.15. The number of amides is 2. The molecule has 0 saturated carbocycles. The van der Waals surface area contributed by atoms with Gasteiger partial charge in [-0.1, -0.05) is 18.2 Å². The Morgan fingerprint density at radius 1 is 1.03 bits per heavy atom. The third-order valence-electron chi connectivity index (χ3n) is 5.39. The molecule has 0 bridgehead atoms. The first-order valence-electron chi connectivity index (χ1n) is 10.6. The van der Waals surface area contributed by atoms with Gasteiger partial charge in [0.05, 0.1) is 14.2 Å². The van der Waals surface area contributed by atoms with Gasteiger partial charge in [-0.15, -0.1) is 0 Å². The van der Waals surface area contributed by atoms with Crippen LogP contribution < -0.4 is 19.5 Å². The summed E-state index contributed by atoms with van der Waals surface area (Å²) in [4.78, 5) is 26.8. The van der Waals surface area contributed by atoms with Crippen LogP contribution in [0.15, 0.2) is 48.5 Å². The molecule has 1 heterocycles. The molecule has 1 unspecified atom stereocenters. The maximum absolute atomic E-state index is 12.5. The van der Waals surface area contributed by atoms with Gasteiger partial charge < -0.3 is 24.4 Å². The zero-order valence-corrected chi connectivity index (χ0v) is 18.1. The molecule has 3 rings (SSSR count). The predicted molar refractivity (Wildman–Crippen MR) is 119 cm³/mol. The molecule has 0 radical (unpaired) electrons. The average Bonchev–Trinajstić information content (AvgIpc) is 2.81. The molecule has 0 aliphatic carbocycles. The number of para-hydroxylation sites is 1. The number of carbonyl (C=O) groups excluding carboxylic acids is 2. The van der Waals surface area contributed by atoms with Gasteiger partial charge in [0, 0.05) is 43.4 Å². The number of hydrogen-bond acceptors (Lipinski definition) is 5. The molecule has 166 valence electrons. The zero-order chi connectivity index (χ0) is 22.1. The second kappa shape index (κ2) is 11.2. The van der Waals surface area contributed by atoms with Crippen LogP contribution in [-0.4, -0.2) is 50.6 Å². The fourth-order valence-electron chi connectivity index (χ4n) is 3.72. The summed E-state index contributed by atoms with van der Waals surface area (Å²) < 4.78 is 16.1. The largest absolute Gasteiger partial charge is 0.497 e. The highest BCUT2D eigenvalue weighted by molar-refractivity contribution is 5.91. The van der Waals surface area contributed by atoms with Crippen LogP contribution in [0.25, 0.3) is 0 Å². The third kappa shape index (κ3) is 6.91. The lowest BCUT2D eigenvalue weighted by molar-refractivity contribution is -0.135. The van der Waals surface area contributed by atoms with E-state index in [4.69, 9.17) is 14.2 Å². The molecule has 7 heteroatoms. The quantitative estimate of drug-likeness (QED) is 0.661. The van der Waals surface area contributed by atoms with Crippen LogP contribution in [0.5, 0.6) is 17.2 Å². The number of methoxy groups -OCH3 is 2. The summed E-state index contributed by atoms with van der Waals surface area (Å²) in [5.41, 5.74) is 0.639. The Labute approximate surface area is 183 Å². The van der Waals surface area contributed by atoms with Crippen molar-refractivity contribution in [2.75, 3.05) is 39.2 Å². The van der Waals surface area contributed by atoms with Gasteiger partial charge in [0.2, 0.25) is 5.91 Å². The first-order valence-corrected chi connectivity index (χ1v) is 10.6. The molecule has 0 aromatic heterocycles. The average molecular weight is 427 g/mol. The van der Waals surface area contributed by atoms with E-state index < -0.39 is 0 Å². The highest BCUT2D eigenvalue weighted by atomic mass is 16.5. The molecule has 1 atom stereocenters. The Bertz CT molecular complexity index is 849. The molecule has 2 aromatic carbocycles. The summed E-state index contributed by atoms with van der Waals surface area (Å²) in [6.45, 7) is 1.44. The highest BCUT2D eigenvalue weighted by Crippen LogP contribution is 2.26. The molecule has 1 saturated heterocycles. The highest BCUT2D eigenvalue weighted by Gasteiger charge is 2.24. The molecular formula is C24H30N2O5. The van der Waals surface area contributed by atoms with Crippen molar-refractivity contribution in [2.45, 2.75) is 25.7 Å². The molecule has 1 fully saturated rings. The predicted octanol–water partition coefficient (Wildman–Crippen LogP) is 3.74. The number of nitrogens with one attached hydrogen (secondary N) is 1. The fraction of sp³-hybridized carbons (Fsp3) is 0.417. The smallest absolute Gasteiger partial charge is 0.260 e. The number of anilines is 1. The minimum Gasteiger partial charge on any atom is -0.497 e. The van der Waals surface area contributed by atoms with E-state index in [0.29, 0.717) is 41.8 Å². The van der Waals surface area contributed by atoms with E-state index in [1.54, 1.807) is 32.4 Å². The normalized spacial score (nSPS) is 15.8. The SMILES string of the molecule is COc1cc(NC(=O)CCC2CCCN(C(=O)COc3ccccc3)C2)cc(OC)c1. The summed E-state index contributed by atoms with van der Waals surface area (Å²) in [5, 5.41) is 2.90. The Morgan fingerprint density at radius 2 is 1.74 bits per heavy atom. The van der Waals surface area contributed by atoms with Crippen LogP contribution in [0.4, 0.5) is 5.69 Å². The number of rotatable bonds is 9. The Hall–Kier alpha value is -3.22. The monoisotopic (exact) mass is 426 g/mol. The molecule has 2 aromatic rings. The van der Waals surface area contributed by atoms with Gasteiger partial charge in [0.1, 0.15) is 17.2 Å². The van der Waals surface area contributed by atoms with Crippen molar-refractivity contribution < 1.29 is 23.8 Å². The van der Waals surface area contributed by atoms with Crippen molar-refractivity contribution in [2.24, 2.45) is 5.92 Å². The van der Waals surface area contributed by atoms with Crippen LogP contribution in [0.1, 0.15) is 25.7 Å². The molecule has 2 amide bonds. The molecule has 1 aliphatic rings. The van der Waals surface area contributed by atoms with E-state index in [2.05, 4.69) is 5.32 Å². The number of benzene rings is 2. The second-order valence-corrected chi connectivity index (χ2v) is 7.64. The van der Waals surface area contributed by atoms with Gasteiger partial charge in [-0.25, -0.2) is 0 Å². The van der Waals surface area contributed by atoms with Crippen molar-refractivity contribution in [3.05, 3.63) is 48.5 Å². The van der Waals surface area contributed by atoms with E-state index in [0.717, 1.165) is 25.8 Å². The van der Waals surface area contributed by atoms with E-state index >= 15 is 0 Å². The van der Waals surface area contributed by atoms with Crippen LogP contribution in [-0.2, 0) is 9.59 Å². The number of hydrogen-bond donors (Lipinski definition) is 1. The second-order valence-electron chi connectivity index (χ2n) is 7.64. The van der Waals surface area contributed by atoms with Crippen molar-refractivity contribution in [3.63, 3.8) is 0 Å². The fourth-order valence-corrected chi connectivity index (χ4v) is 3.72. The molecule has 31 heavy (non-hydrogen) atoms. The van der Waals surface area contributed by atoms with E-state index in [-0.39, 0.29) is 18.4 Å². The first-order chi connectivity index (χ1) is 15.1. The third-order valence-corrected chi connectivity index (χ3v) is 5.39. The summed E-state index contributed by atoms with van der Waals surface area (Å²) in [5.74, 6) is 2.16. The molecular weight excluding hydrogens is 396 g/mol. The maximum Gasteiger partial charge on any atom is 0.260 e. The molecule has 7 nitrogen and oxygen atoms in total. The lowest BCUT2D eigenvalue weighted by Crippen LogP contribution is -2.42. The van der Waals surface area contributed by atoms with Crippen LogP contribution in [0.3, 0.4) is 0 Å². The first kappa shape index (κ1) is 22.5. The number of piperidine rings is 1. The maximum atomic E-state index is 12.5. The van der Waals surface area contributed by atoms with E-state index in [1.807, 2.05) is 35.2 Å². The summed E-state index contributed by atoms with van der Waals surface area (Å²) in [6.07, 6.45) is 3.09. The van der Waals surface area contributed by atoms with Crippen molar-refractivity contribution in [3.8, 4) is 17.2 Å². The summed E-state index contributed by atoms with van der Waals surface area (Å²) in [7, 11) is 3.14. The van der Waals surface area contributed by atoms with Gasteiger partial charge in [0.15, 0.2) is 6.61 Å². The molecule has 1 aliphatic heterocycles. The number of ether oxygens (including phenoxy) is 3. The lowest BCUT2D eigenvalue weighted by atomic mass is 9.93. The number of carbonyl (C=O) groups is 2. The van der Waals surface area contributed by atoms with Crippen LogP contribution in [0.2, 0.25) is 0 Å². The minimum atomic E-state index is -0.0637. The molecule has 0 spiro atoms. The number of likely N-dealkylation sites (tertiary alicyclic amines) is 1. The molecule has 1 N–H and O–H groups in total. The van der Waals surface area contributed by atoms with Crippen LogP contribution in [0, 0.1) is 5.92 Å².